The zero-order valence-corrected chi connectivity index (χ0v) is 18.4. The minimum absolute atomic E-state index is 0.0248. The van der Waals surface area contributed by atoms with E-state index in [1.165, 1.54) is 18.3 Å². The van der Waals surface area contributed by atoms with Gasteiger partial charge in [0.1, 0.15) is 16.3 Å². The highest BCUT2D eigenvalue weighted by molar-refractivity contribution is 7.20. The highest BCUT2D eigenvalue weighted by Gasteiger charge is 2.21. The molecule has 5 heterocycles. The Labute approximate surface area is 183 Å². The minimum atomic E-state index is -0.160. The first-order valence-corrected chi connectivity index (χ1v) is 11.2. The molecule has 5 rings (SSSR count). The molecule has 0 unspecified atom stereocenters. The maximum atomic E-state index is 12.6. The van der Waals surface area contributed by atoms with Crippen LogP contribution in [-0.2, 0) is 13.1 Å². The molecule has 0 aliphatic carbocycles. The summed E-state index contributed by atoms with van der Waals surface area (Å²) < 4.78 is 2.05. The molecule has 4 aromatic heterocycles. The van der Waals surface area contributed by atoms with E-state index in [0.717, 1.165) is 49.6 Å². The molecule has 0 aromatic carbocycles. The molecule has 0 atom stereocenters. The number of imidazole rings is 1. The van der Waals surface area contributed by atoms with Gasteiger partial charge in [-0.2, -0.15) is 0 Å². The first-order valence-electron chi connectivity index (χ1n) is 10.4. The van der Waals surface area contributed by atoms with Crippen LogP contribution in [0.15, 0.2) is 35.4 Å². The molecule has 0 amide bonds. The predicted octanol–water partition coefficient (Wildman–Crippen LogP) is 2.46. The molecule has 9 heteroatoms. The number of aryl methyl sites for hydroxylation is 1. The Morgan fingerprint density at radius 2 is 1.87 bits per heavy atom. The summed E-state index contributed by atoms with van der Waals surface area (Å²) in [5.74, 6) is 0.630. The van der Waals surface area contributed by atoms with Crippen molar-refractivity contribution in [3.8, 4) is 0 Å². The standard InChI is InChI=1S/C22H24N6O2S/c1-14-19-21(30)24-17(25-22(19)31-20(14)15(2)29)13-27-9-7-26(8-10-27)11-16-12-28-6-4-3-5-18(28)23-16/h3-6,12H,7-11,13H2,1-2H3,(H,24,25,30). The topological polar surface area (TPSA) is 86.6 Å². The van der Waals surface area contributed by atoms with E-state index in [9.17, 15) is 9.59 Å². The third-order valence-electron chi connectivity index (χ3n) is 5.81. The van der Waals surface area contributed by atoms with Gasteiger partial charge in [0, 0.05) is 45.1 Å². The SMILES string of the molecule is CC(=O)c1sc2nc(CN3CCN(Cc4cn5ccccc5n4)CC3)[nH]c(=O)c2c1C. The first-order chi connectivity index (χ1) is 15.0. The maximum Gasteiger partial charge on any atom is 0.259 e. The van der Waals surface area contributed by atoms with Crippen molar-refractivity contribution in [3.63, 3.8) is 0 Å². The van der Waals surface area contributed by atoms with E-state index >= 15 is 0 Å². The van der Waals surface area contributed by atoms with E-state index < -0.39 is 0 Å². The summed E-state index contributed by atoms with van der Waals surface area (Å²) in [6.45, 7) is 8.44. The Bertz CT molecular complexity index is 1300. The lowest BCUT2D eigenvalue weighted by Gasteiger charge is -2.33. The molecule has 8 nitrogen and oxygen atoms in total. The summed E-state index contributed by atoms with van der Waals surface area (Å²) in [4.78, 5) is 42.6. The van der Waals surface area contributed by atoms with Crippen molar-refractivity contribution in [2.45, 2.75) is 26.9 Å². The van der Waals surface area contributed by atoms with E-state index in [2.05, 4.69) is 30.9 Å². The molecular weight excluding hydrogens is 412 g/mol. The van der Waals surface area contributed by atoms with E-state index in [1.807, 2.05) is 35.7 Å². The van der Waals surface area contributed by atoms with Crippen LogP contribution in [0.25, 0.3) is 15.9 Å². The van der Waals surface area contributed by atoms with Crippen LogP contribution >= 0.6 is 11.3 Å². The summed E-state index contributed by atoms with van der Waals surface area (Å²) in [6.07, 6.45) is 4.10. The minimum Gasteiger partial charge on any atom is -0.309 e. The Morgan fingerprint density at radius 1 is 1.13 bits per heavy atom. The van der Waals surface area contributed by atoms with Gasteiger partial charge < -0.3 is 9.38 Å². The summed E-state index contributed by atoms with van der Waals surface area (Å²) in [5, 5.41) is 0.538. The monoisotopic (exact) mass is 436 g/mol. The number of hydrogen-bond acceptors (Lipinski definition) is 7. The first kappa shape index (κ1) is 20.0. The number of ketones is 1. The Balaban J connectivity index is 1.24. The van der Waals surface area contributed by atoms with Gasteiger partial charge in [0.2, 0.25) is 0 Å². The number of Topliss-reactive ketones (excluding diaryl/α,β-unsaturated/α-hetero) is 1. The number of pyridine rings is 1. The molecule has 0 radical (unpaired) electrons. The quantitative estimate of drug-likeness (QED) is 0.484. The highest BCUT2D eigenvalue weighted by Crippen LogP contribution is 2.27. The number of nitrogens with zero attached hydrogens (tertiary/aromatic N) is 5. The van der Waals surface area contributed by atoms with Crippen LogP contribution in [-0.4, -0.2) is 61.1 Å². The highest BCUT2D eigenvalue weighted by atomic mass is 32.1. The molecule has 1 saturated heterocycles. The number of nitrogens with one attached hydrogen (secondary N) is 1. The molecule has 0 saturated carbocycles. The largest absolute Gasteiger partial charge is 0.309 e. The second kappa shape index (κ2) is 7.99. The average molecular weight is 437 g/mol. The van der Waals surface area contributed by atoms with Crippen molar-refractivity contribution >= 4 is 33.0 Å². The van der Waals surface area contributed by atoms with Gasteiger partial charge in [0.15, 0.2) is 5.78 Å². The molecule has 0 bridgehead atoms. The molecule has 31 heavy (non-hydrogen) atoms. The molecule has 1 fully saturated rings. The van der Waals surface area contributed by atoms with Crippen LogP contribution in [0, 0.1) is 6.92 Å². The van der Waals surface area contributed by atoms with Gasteiger partial charge in [-0.05, 0) is 31.5 Å². The van der Waals surface area contributed by atoms with Crippen LogP contribution in [0.4, 0.5) is 0 Å². The Morgan fingerprint density at radius 3 is 2.58 bits per heavy atom. The zero-order chi connectivity index (χ0) is 21.5. The summed E-state index contributed by atoms with van der Waals surface area (Å²) >= 11 is 1.31. The van der Waals surface area contributed by atoms with Gasteiger partial charge in [-0.25, -0.2) is 9.97 Å². The average Bonchev–Trinajstić information content (AvgIpc) is 3.30. The molecule has 1 N–H and O–H groups in total. The van der Waals surface area contributed by atoms with Crippen LogP contribution in [0.5, 0.6) is 0 Å². The summed E-state index contributed by atoms with van der Waals surface area (Å²) in [5.41, 5.74) is 2.61. The zero-order valence-electron chi connectivity index (χ0n) is 17.6. The third-order valence-corrected chi connectivity index (χ3v) is 7.09. The van der Waals surface area contributed by atoms with Crippen LogP contribution in [0.2, 0.25) is 0 Å². The number of carbonyl (C=O) groups excluding carboxylic acids is 1. The number of aromatic nitrogens is 4. The van der Waals surface area contributed by atoms with E-state index in [4.69, 9.17) is 0 Å². The second-order valence-electron chi connectivity index (χ2n) is 8.06. The van der Waals surface area contributed by atoms with Crippen molar-refractivity contribution in [2.24, 2.45) is 0 Å². The predicted molar refractivity (Wildman–Crippen MR) is 121 cm³/mol. The van der Waals surface area contributed by atoms with Gasteiger partial charge in [-0.15, -0.1) is 11.3 Å². The van der Waals surface area contributed by atoms with Crippen molar-refractivity contribution in [3.05, 3.63) is 62.9 Å². The van der Waals surface area contributed by atoms with Gasteiger partial charge in [0.05, 0.1) is 22.5 Å². The number of hydrogen-bond donors (Lipinski definition) is 1. The lowest BCUT2D eigenvalue weighted by molar-refractivity contribution is 0.102. The molecule has 1 aliphatic heterocycles. The fourth-order valence-electron chi connectivity index (χ4n) is 4.21. The van der Waals surface area contributed by atoms with Crippen LogP contribution in [0.3, 0.4) is 0 Å². The summed E-state index contributed by atoms with van der Waals surface area (Å²) in [6, 6.07) is 6.02. The lowest BCUT2D eigenvalue weighted by atomic mass is 10.2. The van der Waals surface area contributed by atoms with Gasteiger partial charge in [-0.1, -0.05) is 6.07 Å². The van der Waals surface area contributed by atoms with E-state index in [-0.39, 0.29) is 11.3 Å². The van der Waals surface area contributed by atoms with Gasteiger partial charge in [-0.3, -0.25) is 19.4 Å². The summed E-state index contributed by atoms with van der Waals surface area (Å²) in [7, 11) is 0. The van der Waals surface area contributed by atoms with Crippen molar-refractivity contribution < 1.29 is 4.79 Å². The van der Waals surface area contributed by atoms with Gasteiger partial charge in [0.25, 0.3) is 5.56 Å². The Kier molecular flexibility index (Phi) is 5.17. The lowest BCUT2D eigenvalue weighted by Crippen LogP contribution is -2.45. The number of rotatable bonds is 5. The fourth-order valence-corrected chi connectivity index (χ4v) is 5.30. The van der Waals surface area contributed by atoms with Crippen molar-refractivity contribution in [1.29, 1.82) is 0 Å². The maximum absolute atomic E-state index is 12.6. The number of fused-ring (bicyclic) bond motifs is 2. The molecule has 1 aliphatic rings. The number of H-pyrrole nitrogens is 1. The molecule has 160 valence electrons. The van der Waals surface area contributed by atoms with Gasteiger partial charge >= 0.3 is 0 Å². The van der Waals surface area contributed by atoms with Crippen LogP contribution in [0.1, 0.15) is 33.7 Å². The fraction of sp³-hybridized carbons (Fsp3) is 0.364. The smallest absolute Gasteiger partial charge is 0.259 e. The number of piperazine rings is 1. The van der Waals surface area contributed by atoms with Crippen LogP contribution < -0.4 is 5.56 Å². The van der Waals surface area contributed by atoms with E-state index in [1.54, 1.807) is 0 Å². The van der Waals surface area contributed by atoms with Crippen molar-refractivity contribution in [1.82, 2.24) is 29.2 Å². The second-order valence-corrected chi connectivity index (χ2v) is 9.05. The number of thiophene rings is 1. The van der Waals surface area contributed by atoms with E-state index in [0.29, 0.717) is 27.5 Å². The molecule has 0 spiro atoms. The Hall–Kier alpha value is -2.88. The molecular formula is C22H24N6O2S. The third kappa shape index (κ3) is 3.91. The normalized spacial score (nSPS) is 15.8. The number of aromatic amines is 1. The van der Waals surface area contributed by atoms with Crippen molar-refractivity contribution in [2.75, 3.05) is 26.2 Å². The number of carbonyl (C=O) groups is 1. The molecule has 4 aromatic rings.